The average Bonchev–Trinajstić information content (AvgIpc) is 3.14. The summed E-state index contributed by atoms with van der Waals surface area (Å²) >= 11 is 0. The Balaban J connectivity index is 1.53. The smallest absolute Gasteiger partial charge is 0.338 e. The second-order valence-electron chi connectivity index (χ2n) is 6.46. The van der Waals surface area contributed by atoms with Gasteiger partial charge in [0.25, 0.3) is 0 Å². The molecule has 6 heteroatoms. The summed E-state index contributed by atoms with van der Waals surface area (Å²) in [7, 11) is 0. The zero-order chi connectivity index (χ0) is 20.2. The van der Waals surface area contributed by atoms with Crippen LogP contribution in [-0.4, -0.2) is 21.0 Å². The molecule has 0 amide bonds. The van der Waals surface area contributed by atoms with Gasteiger partial charge in [-0.25, -0.2) is 14.2 Å². The third-order valence-electron chi connectivity index (χ3n) is 4.34. The number of nitrogens with one attached hydrogen (secondary N) is 1. The molecule has 5 nitrogen and oxygen atoms in total. The van der Waals surface area contributed by atoms with Crippen LogP contribution in [0.1, 0.15) is 27.3 Å². The van der Waals surface area contributed by atoms with E-state index in [0.717, 1.165) is 5.56 Å². The minimum absolute atomic E-state index is 0.119. The second-order valence-corrected chi connectivity index (χ2v) is 6.46. The number of aliphatic hydroxyl groups is 1. The van der Waals surface area contributed by atoms with Crippen LogP contribution in [0.5, 0.6) is 0 Å². The van der Waals surface area contributed by atoms with Crippen LogP contribution in [-0.2, 0) is 11.3 Å². The van der Waals surface area contributed by atoms with Crippen LogP contribution in [0, 0.1) is 5.82 Å². The van der Waals surface area contributed by atoms with Gasteiger partial charge in [-0.1, -0.05) is 42.5 Å². The van der Waals surface area contributed by atoms with Crippen LogP contribution < -0.4 is 0 Å². The molecule has 0 aliphatic rings. The van der Waals surface area contributed by atoms with Gasteiger partial charge in [0.2, 0.25) is 0 Å². The molecule has 0 unspecified atom stereocenters. The van der Waals surface area contributed by atoms with Crippen molar-refractivity contribution in [2.45, 2.75) is 6.61 Å². The normalized spacial score (nSPS) is 11.6. The van der Waals surface area contributed by atoms with E-state index in [-0.39, 0.29) is 12.4 Å². The van der Waals surface area contributed by atoms with Crippen molar-refractivity contribution in [3.05, 3.63) is 101 Å². The first-order valence-corrected chi connectivity index (χ1v) is 8.96. The maximum absolute atomic E-state index is 13.3. The van der Waals surface area contributed by atoms with Crippen molar-refractivity contribution < 1.29 is 19.0 Å². The van der Waals surface area contributed by atoms with Crippen molar-refractivity contribution in [3.63, 3.8) is 0 Å². The number of carbonyl (C=O) groups is 1. The molecule has 0 spiro atoms. The van der Waals surface area contributed by atoms with Gasteiger partial charge in [-0.2, -0.15) is 0 Å². The zero-order valence-corrected chi connectivity index (χ0v) is 15.3. The molecule has 1 aromatic heterocycles. The van der Waals surface area contributed by atoms with Gasteiger partial charge < -0.3 is 14.8 Å². The number of aliphatic hydroxyl groups excluding tert-OH is 1. The minimum atomic E-state index is -0.440. The lowest BCUT2D eigenvalue weighted by atomic mass is 10.2. The van der Waals surface area contributed by atoms with E-state index < -0.39 is 11.8 Å². The van der Waals surface area contributed by atoms with Gasteiger partial charge in [-0.3, -0.25) is 0 Å². The van der Waals surface area contributed by atoms with Crippen molar-refractivity contribution in [2.24, 2.45) is 0 Å². The highest BCUT2D eigenvalue weighted by Gasteiger charge is 2.11. The molecule has 1 heterocycles. The number of imidazole rings is 1. The summed E-state index contributed by atoms with van der Waals surface area (Å²) < 4.78 is 18.7. The van der Waals surface area contributed by atoms with Crippen LogP contribution in [0.3, 0.4) is 0 Å². The first kappa shape index (κ1) is 18.4. The van der Waals surface area contributed by atoms with Gasteiger partial charge in [0.05, 0.1) is 16.6 Å². The van der Waals surface area contributed by atoms with Gasteiger partial charge in [0, 0.05) is 11.6 Å². The Morgan fingerprint density at radius 2 is 1.86 bits per heavy atom. The highest BCUT2D eigenvalue weighted by molar-refractivity contribution is 5.94. The standard InChI is InChI=1S/C23H17FN2O3/c24-18-8-4-7-16(11-18)21(27)13-22-25-19-10-9-17(12-20(19)26-22)23(28)29-14-15-5-2-1-3-6-15/h1-13,27H,14H2,(H,25,26)/b21-13-. The highest BCUT2D eigenvalue weighted by atomic mass is 19.1. The van der Waals surface area contributed by atoms with Crippen LogP contribution in [0.25, 0.3) is 22.9 Å². The molecule has 2 N–H and O–H groups in total. The first-order valence-electron chi connectivity index (χ1n) is 8.96. The number of hydrogen-bond donors (Lipinski definition) is 2. The summed E-state index contributed by atoms with van der Waals surface area (Å²) in [6.07, 6.45) is 1.40. The summed E-state index contributed by atoms with van der Waals surface area (Å²) in [4.78, 5) is 19.7. The molecule has 0 fully saturated rings. The van der Waals surface area contributed by atoms with Gasteiger partial charge in [0.15, 0.2) is 0 Å². The fraction of sp³-hybridized carbons (Fsp3) is 0.0435. The monoisotopic (exact) mass is 388 g/mol. The van der Waals surface area contributed by atoms with E-state index >= 15 is 0 Å². The van der Waals surface area contributed by atoms with E-state index in [9.17, 15) is 14.3 Å². The van der Waals surface area contributed by atoms with Crippen molar-refractivity contribution in [2.75, 3.05) is 0 Å². The minimum Gasteiger partial charge on any atom is -0.507 e. The molecule has 0 atom stereocenters. The van der Waals surface area contributed by atoms with E-state index in [0.29, 0.717) is 28.0 Å². The Hall–Kier alpha value is -3.93. The summed E-state index contributed by atoms with van der Waals surface area (Å²) in [6.45, 7) is 0.191. The van der Waals surface area contributed by atoms with E-state index in [4.69, 9.17) is 4.74 Å². The molecular formula is C23H17FN2O3. The zero-order valence-electron chi connectivity index (χ0n) is 15.3. The summed E-state index contributed by atoms with van der Waals surface area (Å²) in [5.74, 6) is -0.613. The summed E-state index contributed by atoms with van der Waals surface area (Å²) in [5.41, 5.74) is 2.89. The van der Waals surface area contributed by atoms with Gasteiger partial charge in [0.1, 0.15) is 24.0 Å². The number of H-pyrrole nitrogens is 1. The van der Waals surface area contributed by atoms with Crippen molar-refractivity contribution >= 4 is 28.8 Å². The number of benzene rings is 3. The molecule has 0 saturated heterocycles. The number of rotatable bonds is 5. The van der Waals surface area contributed by atoms with E-state index in [1.54, 1.807) is 24.3 Å². The molecule has 0 aliphatic carbocycles. The number of esters is 1. The maximum atomic E-state index is 13.3. The number of aromatic nitrogens is 2. The van der Waals surface area contributed by atoms with Crippen LogP contribution in [0.15, 0.2) is 72.8 Å². The van der Waals surface area contributed by atoms with Crippen LogP contribution >= 0.6 is 0 Å². The van der Waals surface area contributed by atoms with Gasteiger partial charge >= 0.3 is 5.97 Å². The Morgan fingerprint density at radius 1 is 1.03 bits per heavy atom. The van der Waals surface area contributed by atoms with Crippen LogP contribution in [0.2, 0.25) is 0 Å². The highest BCUT2D eigenvalue weighted by Crippen LogP contribution is 2.19. The molecule has 29 heavy (non-hydrogen) atoms. The lowest BCUT2D eigenvalue weighted by Crippen LogP contribution is -2.05. The second kappa shape index (κ2) is 7.98. The molecular weight excluding hydrogens is 371 g/mol. The third kappa shape index (κ3) is 4.32. The Kier molecular flexibility index (Phi) is 5.07. The topological polar surface area (TPSA) is 75.2 Å². The van der Waals surface area contributed by atoms with Crippen LogP contribution in [0.4, 0.5) is 4.39 Å². The molecule has 3 aromatic carbocycles. The summed E-state index contributed by atoms with van der Waals surface area (Å²) in [5, 5.41) is 10.2. The Morgan fingerprint density at radius 3 is 2.66 bits per heavy atom. The van der Waals surface area contributed by atoms with Gasteiger partial charge in [-0.05, 0) is 35.9 Å². The quantitative estimate of drug-likeness (QED) is 0.368. The third-order valence-corrected chi connectivity index (χ3v) is 4.34. The number of ether oxygens (including phenoxy) is 1. The molecule has 0 aliphatic heterocycles. The fourth-order valence-corrected chi connectivity index (χ4v) is 2.89. The molecule has 0 saturated carbocycles. The average molecular weight is 388 g/mol. The van der Waals surface area contributed by atoms with Gasteiger partial charge in [-0.15, -0.1) is 0 Å². The molecule has 0 bridgehead atoms. The predicted molar refractivity (Wildman–Crippen MR) is 109 cm³/mol. The Bertz CT molecular complexity index is 1200. The fourth-order valence-electron chi connectivity index (χ4n) is 2.89. The number of aromatic amines is 1. The number of carbonyl (C=O) groups excluding carboxylic acids is 1. The number of fused-ring (bicyclic) bond motifs is 1. The largest absolute Gasteiger partial charge is 0.507 e. The predicted octanol–water partition coefficient (Wildman–Crippen LogP) is 5.12. The number of nitrogens with zero attached hydrogens (tertiary/aromatic N) is 1. The lowest BCUT2D eigenvalue weighted by Gasteiger charge is -2.04. The van der Waals surface area contributed by atoms with Crippen molar-refractivity contribution in [3.8, 4) is 0 Å². The Labute approximate surface area is 166 Å². The summed E-state index contributed by atoms with van der Waals surface area (Å²) in [6, 6.07) is 20.1. The van der Waals surface area contributed by atoms with E-state index in [1.165, 1.54) is 24.3 Å². The first-order chi connectivity index (χ1) is 14.1. The number of hydrogen-bond acceptors (Lipinski definition) is 4. The number of halogens is 1. The van der Waals surface area contributed by atoms with Crippen molar-refractivity contribution in [1.82, 2.24) is 9.97 Å². The van der Waals surface area contributed by atoms with Crippen molar-refractivity contribution in [1.29, 1.82) is 0 Å². The lowest BCUT2D eigenvalue weighted by molar-refractivity contribution is 0.0473. The van der Waals surface area contributed by atoms with E-state index in [1.807, 2.05) is 30.3 Å². The molecule has 4 aromatic rings. The molecule has 0 radical (unpaired) electrons. The molecule has 144 valence electrons. The SMILES string of the molecule is O=C(OCc1ccccc1)c1ccc2nc(/C=C(\O)c3cccc(F)c3)[nH]c2c1. The van der Waals surface area contributed by atoms with E-state index in [2.05, 4.69) is 9.97 Å². The maximum Gasteiger partial charge on any atom is 0.338 e. The molecule has 4 rings (SSSR count).